The van der Waals surface area contributed by atoms with Gasteiger partial charge in [-0.2, -0.15) is 5.10 Å². The van der Waals surface area contributed by atoms with Crippen LogP contribution in [0.4, 0.5) is 0 Å². The first-order valence-corrected chi connectivity index (χ1v) is 6.77. The van der Waals surface area contributed by atoms with Crippen molar-refractivity contribution in [3.05, 3.63) is 17.5 Å². The Bertz CT molecular complexity index is 538. The van der Waals surface area contributed by atoms with Crippen LogP contribution in [0.15, 0.2) is 6.07 Å². The number of nitrogens with two attached hydrogens (primary N) is 1. The zero-order valence-electron chi connectivity index (χ0n) is 12.1. The number of hydrogen-bond donors (Lipinski definition) is 3. The summed E-state index contributed by atoms with van der Waals surface area (Å²) < 4.78 is 1.52. The molecule has 0 unspecified atom stereocenters. The summed E-state index contributed by atoms with van der Waals surface area (Å²) in [5.41, 5.74) is 6.05. The summed E-state index contributed by atoms with van der Waals surface area (Å²) in [6, 6.07) is 0.474. The summed E-state index contributed by atoms with van der Waals surface area (Å²) in [7, 11) is 0. The van der Waals surface area contributed by atoms with Crippen molar-refractivity contribution in [2.75, 3.05) is 0 Å². The fourth-order valence-corrected chi connectivity index (χ4v) is 1.84. The van der Waals surface area contributed by atoms with Crippen molar-refractivity contribution in [1.29, 1.82) is 0 Å². The van der Waals surface area contributed by atoms with Gasteiger partial charge in [0.05, 0.1) is 5.69 Å². The molecule has 116 valence electrons. The number of carbonyl (C=O) groups is 3. The maximum atomic E-state index is 12.2. The van der Waals surface area contributed by atoms with Crippen LogP contribution in [0.2, 0.25) is 0 Å². The molecule has 8 nitrogen and oxygen atoms in total. The highest BCUT2D eigenvalue weighted by atomic mass is 16.4. The predicted molar refractivity (Wildman–Crippen MR) is 74.6 cm³/mol. The molecular weight excluding hydrogens is 276 g/mol. The van der Waals surface area contributed by atoms with Crippen LogP contribution in [0, 0.1) is 0 Å². The van der Waals surface area contributed by atoms with E-state index in [9.17, 15) is 14.4 Å². The molecule has 0 saturated carbocycles. The summed E-state index contributed by atoms with van der Waals surface area (Å²) in [5, 5.41) is 15.7. The molecule has 1 rings (SSSR count). The molecule has 1 atom stereocenters. The number of nitrogens with one attached hydrogen (secondary N) is 1. The number of rotatable bonds is 8. The third-order valence-electron chi connectivity index (χ3n) is 3.01. The van der Waals surface area contributed by atoms with Crippen molar-refractivity contribution < 1.29 is 19.5 Å². The number of hydrogen-bond acceptors (Lipinski definition) is 4. The van der Waals surface area contributed by atoms with Gasteiger partial charge in [0, 0.05) is 13.0 Å². The quantitative estimate of drug-likeness (QED) is 0.618. The lowest BCUT2D eigenvalue weighted by molar-refractivity contribution is -0.139. The van der Waals surface area contributed by atoms with Gasteiger partial charge in [-0.3, -0.25) is 14.3 Å². The fourth-order valence-electron chi connectivity index (χ4n) is 1.84. The number of aryl methyl sites for hydroxylation is 2. The molecule has 2 amide bonds. The van der Waals surface area contributed by atoms with Gasteiger partial charge in [0.1, 0.15) is 11.7 Å². The molecule has 0 aliphatic heterocycles. The first-order valence-electron chi connectivity index (χ1n) is 6.77. The van der Waals surface area contributed by atoms with Gasteiger partial charge in [-0.25, -0.2) is 4.79 Å². The SMILES string of the molecule is CCc1cc(C(=O)N[C@@H](CCC(N)=O)C(=O)O)n(CC)n1. The fraction of sp³-hybridized carbons (Fsp3) is 0.538. The third-order valence-corrected chi connectivity index (χ3v) is 3.01. The number of carbonyl (C=O) groups excluding carboxylic acids is 2. The second-order valence-corrected chi connectivity index (χ2v) is 4.56. The van der Waals surface area contributed by atoms with Crippen LogP contribution in [-0.2, 0) is 22.6 Å². The Balaban J connectivity index is 2.83. The molecule has 0 aliphatic rings. The van der Waals surface area contributed by atoms with Gasteiger partial charge in [0.15, 0.2) is 0 Å². The molecule has 0 aliphatic carbocycles. The summed E-state index contributed by atoms with van der Waals surface area (Å²) in [5.74, 6) is -2.34. The van der Waals surface area contributed by atoms with Crippen molar-refractivity contribution in [3.63, 3.8) is 0 Å². The molecule has 0 spiro atoms. The van der Waals surface area contributed by atoms with Crippen LogP contribution >= 0.6 is 0 Å². The average Bonchev–Trinajstić information content (AvgIpc) is 2.86. The highest BCUT2D eigenvalue weighted by molar-refractivity contribution is 5.95. The Morgan fingerprint density at radius 2 is 2.10 bits per heavy atom. The smallest absolute Gasteiger partial charge is 0.326 e. The highest BCUT2D eigenvalue weighted by Crippen LogP contribution is 2.07. The van der Waals surface area contributed by atoms with E-state index in [1.165, 1.54) is 4.68 Å². The molecule has 1 heterocycles. The minimum absolute atomic E-state index is 0.0443. The van der Waals surface area contributed by atoms with E-state index in [-0.39, 0.29) is 12.8 Å². The molecule has 0 aromatic carbocycles. The minimum atomic E-state index is -1.21. The van der Waals surface area contributed by atoms with E-state index < -0.39 is 23.8 Å². The van der Waals surface area contributed by atoms with Gasteiger partial charge in [-0.05, 0) is 25.8 Å². The molecule has 0 fully saturated rings. The van der Waals surface area contributed by atoms with E-state index in [2.05, 4.69) is 10.4 Å². The van der Waals surface area contributed by atoms with E-state index >= 15 is 0 Å². The van der Waals surface area contributed by atoms with Crippen LogP contribution < -0.4 is 11.1 Å². The van der Waals surface area contributed by atoms with E-state index in [1.807, 2.05) is 13.8 Å². The standard InChI is InChI=1S/C13H20N4O4/c1-3-8-7-10(17(4-2)16-8)12(19)15-9(13(20)21)5-6-11(14)18/h7,9H,3-6H2,1-2H3,(H2,14,18)(H,15,19)(H,20,21)/t9-/m0/s1. The zero-order chi connectivity index (χ0) is 16.0. The second kappa shape index (κ2) is 7.41. The molecule has 1 aromatic heterocycles. The number of carboxylic acids is 1. The summed E-state index contributed by atoms with van der Waals surface area (Å²) in [4.78, 5) is 34.0. The number of nitrogens with zero attached hydrogens (tertiary/aromatic N) is 2. The van der Waals surface area contributed by atoms with Crippen LogP contribution in [0.25, 0.3) is 0 Å². The molecule has 0 bridgehead atoms. The summed E-state index contributed by atoms with van der Waals surface area (Å²) in [6.07, 6.45) is 0.527. The molecular formula is C13H20N4O4. The number of aromatic nitrogens is 2. The molecule has 4 N–H and O–H groups in total. The van der Waals surface area contributed by atoms with Crippen LogP contribution in [0.3, 0.4) is 0 Å². The Kier molecular flexibility index (Phi) is 5.89. The highest BCUT2D eigenvalue weighted by Gasteiger charge is 2.23. The second-order valence-electron chi connectivity index (χ2n) is 4.56. The van der Waals surface area contributed by atoms with Crippen molar-refractivity contribution in [2.24, 2.45) is 5.73 Å². The first-order chi connectivity index (χ1) is 9.88. The Morgan fingerprint density at radius 3 is 2.57 bits per heavy atom. The number of primary amides is 1. The van der Waals surface area contributed by atoms with Gasteiger partial charge in [0.25, 0.3) is 5.91 Å². The monoisotopic (exact) mass is 296 g/mol. The Morgan fingerprint density at radius 1 is 1.43 bits per heavy atom. The van der Waals surface area contributed by atoms with E-state index in [0.29, 0.717) is 18.7 Å². The molecule has 0 saturated heterocycles. The molecule has 21 heavy (non-hydrogen) atoms. The van der Waals surface area contributed by atoms with E-state index in [0.717, 1.165) is 5.69 Å². The van der Waals surface area contributed by atoms with Crippen LogP contribution in [0.5, 0.6) is 0 Å². The van der Waals surface area contributed by atoms with Gasteiger partial charge in [-0.1, -0.05) is 6.92 Å². The van der Waals surface area contributed by atoms with Gasteiger partial charge < -0.3 is 16.2 Å². The first kappa shape index (κ1) is 16.7. The lowest BCUT2D eigenvalue weighted by Crippen LogP contribution is -2.42. The average molecular weight is 296 g/mol. The van der Waals surface area contributed by atoms with Crippen LogP contribution in [0.1, 0.15) is 42.9 Å². The maximum Gasteiger partial charge on any atom is 0.326 e. The zero-order valence-corrected chi connectivity index (χ0v) is 12.1. The molecule has 1 aromatic rings. The lowest BCUT2D eigenvalue weighted by Gasteiger charge is -2.14. The van der Waals surface area contributed by atoms with E-state index in [1.54, 1.807) is 6.07 Å². The number of amides is 2. The Labute approximate surface area is 122 Å². The number of aliphatic carboxylic acids is 1. The topological polar surface area (TPSA) is 127 Å². The normalized spacial score (nSPS) is 11.9. The number of carboxylic acid groups (broad SMARTS) is 1. The molecule has 8 heteroatoms. The van der Waals surface area contributed by atoms with Crippen molar-refractivity contribution in [2.45, 2.75) is 45.7 Å². The van der Waals surface area contributed by atoms with Crippen molar-refractivity contribution >= 4 is 17.8 Å². The Hall–Kier alpha value is -2.38. The van der Waals surface area contributed by atoms with Crippen molar-refractivity contribution in [3.8, 4) is 0 Å². The van der Waals surface area contributed by atoms with E-state index in [4.69, 9.17) is 10.8 Å². The minimum Gasteiger partial charge on any atom is -0.480 e. The van der Waals surface area contributed by atoms with Gasteiger partial charge in [-0.15, -0.1) is 0 Å². The van der Waals surface area contributed by atoms with Gasteiger partial charge in [0.2, 0.25) is 5.91 Å². The predicted octanol–water partition coefficient (Wildman–Crippen LogP) is -0.0861. The summed E-state index contributed by atoms with van der Waals surface area (Å²) in [6.45, 7) is 4.25. The largest absolute Gasteiger partial charge is 0.480 e. The van der Waals surface area contributed by atoms with Crippen LogP contribution in [-0.4, -0.2) is 38.7 Å². The molecule has 0 radical (unpaired) electrons. The maximum absolute atomic E-state index is 12.2. The lowest BCUT2D eigenvalue weighted by atomic mass is 10.1. The van der Waals surface area contributed by atoms with Gasteiger partial charge >= 0.3 is 5.97 Å². The summed E-state index contributed by atoms with van der Waals surface area (Å²) >= 11 is 0. The third kappa shape index (κ3) is 4.59. The van der Waals surface area contributed by atoms with Crippen molar-refractivity contribution in [1.82, 2.24) is 15.1 Å².